The van der Waals surface area contributed by atoms with E-state index in [0.29, 0.717) is 13.0 Å². The van der Waals surface area contributed by atoms with Crippen molar-refractivity contribution in [2.45, 2.75) is 91.4 Å². The third-order valence-electron chi connectivity index (χ3n) is 3.88. The standard InChI is InChI=1S/C20H36O2/c1-4-6-7-8-9-12-15-18-22-20(21)17-14-11-10-13-16-19(3)5-2/h5-7H,4,8-18H2,1-3H3/b7-6-,19-5+. The van der Waals surface area contributed by atoms with Crippen molar-refractivity contribution in [3.8, 4) is 0 Å². The minimum absolute atomic E-state index is 0.0180. The van der Waals surface area contributed by atoms with E-state index < -0.39 is 0 Å². The molecule has 0 aromatic carbocycles. The first-order valence-corrected chi connectivity index (χ1v) is 9.13. The predicted octanol–water partition coefficient (Wildman–Crippen LogP) is 6.36. The number of allylic oxidation sites excluding steroid dienone is 4. The molecule has 0 fully saturated rings. The molecule has 0 saturated heterocycles. The molecule has 22 heavy (non-hydrogen) atoms. The zero-order chi connectivity index (χ0) is 16.5. The van der Waals surface area contributed by atoms with E-state index in [0.717, 1.165) is 38.5 Å². The summed E-state index contributed by atoms with van der Waals surface area (Å²) in [4.78, 5) is 11.6. The Kier molecular flexibility index (Phi) is 15.5. The molecule has 0 radical (unpaired) electrons. The molecule has 2 heteroatoms. The van der Waals surface area contributed by atoms with E-state index in [4.69, 9.17) is 4.74 Å². The topological polar surface area (TPSA) is 26.3 Å². The van der Waals surface area contributed by atoms with E-state index in [1.54, 1.807) is 0 Å². The normalized spacial score (nSPS) is 12.0. The van der Waals surface area contributed by atoms with Gasteiger partial charge in [0.1, 0.15) is 0 Å². The number of hydrogen-bond acceptors (Lipinski definition) is 2. The van der Waals surface area contributed by atoms with Crippen molar-refractivity contribution in [2.24, 2.45) is 0 Å². The lowest BCUT2D eigenvalue weighted by molar-refractivity contribution is -0.143. The van der Waals surface area contributed by atoms with Crippen molar-refractivity contribution in [3.05, 3.63) is 23.8 Å². The van der Waals surface area contributed by atoms with Gasteiger partial charge < -0.3 is 4.74 Å². The molecule has 0 rings (SSSR count). The van der Waals surface area contributed by atoms with Crippen molar-refractivity contribution in [1.29, 1.82) is 0 Å². The second-order valence-corrected chi connectivity index (χ2v) is 6.00. The van der Waals surface area contributed by atoms with E-state index in [1.165, 1.54) is 31.3 Å². The molecule has 0 aliphatic rings. The maximum absolute atomic E-state index is 11.6. The number of carbonyl (C=O) groups excluding carboxylic acids is 1. The molecular formula is C20H36O2. The Morgan fingerprint density at radius 3 is 2.27 bits per heavy atom. The van der Waals surface area contributed by atoms with Crippen molar-refractivity contribution in [1.82, 2.24) is 0 Å². The molecule has 0 heterocycles. The summed E-state index contributed by atoms with van der Waals surface area (Å²) in [5, 5.41) is 0. The van der Waals surface area contributed by atoms with E-state index in [2.05, 4.69) is 39.0 Å². The van der Waals surface area contributed by atoms with Crippen LogP contribution in [0.15, 0.2) is 23.8 Å². The van der Waals surface area contributed by atoms with Gasteiger partial charge in [-0.05, 0) is 65.2 Å². The number of rotatable bonds is 14. The van der Waals surface area contributed by atoms with Crippen molar-refractivity contribution >= 4 is 5.97 Å². The Bertz CT molecular complexity index is 316. The molecule has 2 nitrogen and oxygen atoms in total. The molecule has 0 aromatic rings. The summed E-state index contributed by atoms with van der Waals surface area (Å²) in [6.07, 6.45) is 18.5. The molecule has 0 aliphatic heterocycles. The molecule has 0 atom stereocenters. The Morgan fingerprint density at radius 2 is 1.59 bits per heavy atom. The molecular weight excluding hydrogens is 272 g/mol. The fraction of sp³-hybridized carbons (Fsp3) is 0.750. The summed E-state index contributed by atoms with van der Waals surface area (Å²) < 4.78 is 5.27. The van der Waals surface area contributed by atoms with Crippen molar-refractivity contribution < 1.29 is 9.53 Å². The molecule has 0 bridgehead atoms. The van der Waals surface area contributed by atoms with Crippen LogP contribution in [0.25, 0.3) is 0 Å². The summed E-state index contributed by atoms with van der Waals surface area (Å²) in [7, 11) is 0. The summed E-state index contributed by atoms with van der Waals surface area (Å²) >= 11 is 0. The van der Waals surface area contributed by atoms with Gasteiger partial charge in [-0.15, -0.1) is 0 Å². The highest BCUT2D eigenvalue weighted by Gasteiger charge is 2.02. The predicted molar refractivity (Wildman–Crippen MR) is 96.0 cm³/mol. The first kappa shape index (κ1) is 20.9. The third kappa shape index (κ3) is 15.3. The number of unbranched alkanes of at least 4 members (excludes halogenated alkanes) is 6. The van der Waals surface area contributed by atoms with Crippen LogP contribution in [0.1, 0.15) is 91.4 Å². The van der Waals surface area contributed by atoms with Gasteiger partial charge >= 0.3 is 5.97 Å². The summed E-state index contributed by atoms with van der Waals surface area (Å²) in [5.74, 6) is -0.0180. The third-order valence-corrected chi connectivity index (χ3v) is 3.88. The minimum Gasteiger partial charge on any atom is -0.466 e. The SMILES string of the molecule is C/C=C(\C)CCCCCCC(=O)OCCCCC/C=C\CC. The highest BCUT2D eigenvalue weighted by atomic mass is 16.5. The Balaban J connectivity index is 3.28. The van der Waals surface area contributed by atoms with Gasteiger partial charge in [0.05, 0.1) is 6.61 Å². The van der Waals surface area contributed by atoms with Crippen LogP contribution in [0.3, 0.4) is 0 Å². The second-order valence-electron chi connectivity index (χ2n) is 6.00. The average molecular weight is 309 g/mol. The van der Waals surface area contributed by atoms with Crippen LogP contribution < -0.4 is 0 Å². The van der Waals surface area contributed by atoms with Crippen LogP contribution in [-0.2, 0) is 9.53 Å². The first-order chi connectivity index (χ1) is 10.7. The molecule has 128 valence electrons. The maximum atomic E-state index is 11.6. The van der Waals surface area contributed by atoms with E-state index in [1.807, 2.05) is 0 Å². The van der Waals surface area contributed by atoms with Gasteiger partial charge in [0.2, 0.25) is 0 Å². The molecule has 0 unspecified atom stereocenters. The molecule has 0 amide bonds. The fourth-order valence-corrected chi connectivity index (χ4v) is 2.25. The Labute approximate surface area is 138 Å². The highest BCUT2D eigenvalue weighted by Crippen LogP contribution is 2.11. The summed E-state index contributed by atoms with van der Waals surface area (Å²) in [5.41, 5.74) is 1.46. The lowest BCUT2D eigenvalue weighted by Gasteiger charge is -2.05. The van der Waals surface area contributed by atoms with Gasteiger partial charge in [0.15, 0.2) is 0 Å². The van der Waals surface area contributed by atoms with Crippen LogP contribution in [0, 0.1) is 0 Å². The first-order valence-electron chi connectivity index (χ1n) is 9.13. The van der Waals surface area contributed by atoms with Crippen LogP contribution in [0.4, 0.5) is 0 Å². The van der Waals surface area contributed by atoms with Gasteiger partial charge in [0.25, 0.3) is 0 Å². The van der Waals surface area contributed by atoms with Gasteiger partial charge in [-0.25, -0.2) is 0 Å². The molecule has 0 saturated carbocycles. The minimum atomic E-state index is -0.0180. The van der Waals surface area contributed by atoms with Gasteiger partial charge in [-0.3, -0.25) is 4.79 Å². The molecule has 0 N–H and O–H groups in total. The average Bonchev–Trinajstić information content (AvgIpc) is 2.52. The Morgan fingerprint density at radius 1 is 0.909 bits per heavy atom. The lowest BCUT2D eigenvalue weighted by atomic mass is 10.1. The van der Waals surface area contributed by atoms with Crippen molar-refractivity contribution in [3.63, 3.8) is 0 Å². The second kappa shape index (κ2) is 16.3. The number of esters is 1. The molecule has 0 spiro atoms. The van der Waals surface area contributed by atoms with E-state index in [9.17, 15) is 4.79 Å². The van der Waals surface area contributed by atoms with Crippen LogP contribution in [0.5, 0.6) is 0 Å². The highest BCUT2D eigenvalue weighted by molar-refractivity contribution is 5.69. The lowest BCUT2D eigenvalue weighted by Crippen LogP contribution is -2.05. The fourth-order valence-electron chi connectivity index (χ4n) is 2.25. The van der Waals surface area contributed by atoms with Crippen LogP contribution >= 0.6 is 0 Å². The zero-order valence-electron chi connectivity index (χ0n) is 15.0. The smallest absolute Gasteiger partial charge is 0.305 e. The number of hydrogen-bond donors (Lipinski definition) is 0. The number of carbonyl (C=O) groups is 1. The van der Waals surface area contributed by atoms with E-state index in [-0.39, 0.29) is 5.97 Å². The summed E-state index contributed by atoms with van der Waals surface area (Å²) in [6, 6.07) is 0. The quantitative estimate of drug-likeness (QED) is 0.212. The van der Waals surface area contributed by atoms with E-state index >= 15 is 0 Å². The molecule has 0 aromatic heterocycles. The zero-order valence-corrected chi connectivity index (χ0v) is 15.0. The monoisotopic (exact) mass is 308 g/mol. The van der Waals surface area contributed by atoms with Crippen molar-refractivity contribution in [2.75, 3.05) is 6.61 Å². The number of ether oxygens (including phenoxy) is 1. The van der Waals surface area contributed by atoms with Gasteiger partial charge in [-0.1, -0.05) is 43.6 Å². The van der Waals surface area contributed by atoms with Crippen LogP contribution in [0.2, 0.25) is 0 Å². The van der Waals surface area contributed by atoms with Gasteiger partial charge in [-0.2, -0.15) is 0 Å². The van der Waals surface area contributed by atoms with Crippen LogP contribution in [-0.4, -0.2) is 12.6 Å². The molecule has 0 aliphatic carbocycles. The largest absolute Gasteiger partial charge is 0.466 e. The van der Waals surface area contributed by atoms with Gasteiger partial charge in [0, 0.05) is 6.42 Å². The Hall–Kier alpha value is -1.05. The summed E-state index contributed by atoms with van der Waals surface area (Å²) in [6.45, 7) is 7.01. The maximum Gasteiger partial charge on any atom is 0.305 e.